The number of aryl methyl sites for hydroxylation is 1. The minimum Gasteiger partial charge on any atom is -0.396 e. The third-order valence-electron chi connectivity index (χ3n) is 3.19. The summed E-state index contributed by atoms with van der Waals surface area (Å²) in [6.45, 7) is 2.08. The van der Waals surface area contributed by atoms with Gasteiger partial charge in [0.25, 0.3) is 0 Å². The van der Waals surface area contributed by atoms with Gasteiger partial charge in [-0.1, -0.05) is 0 Å². The maximum atomic E-state index is 13.2. The van der Waals surface area contributed by atoms with E-state index in [1.807, 2.05) is 0 Å². The largest absolute Gasteiger partial charge is 0.396 e. The molecule has 0 aliphatic heterocycles. The van der Waals surface area contributed by atoms with Crippen molar-refractivity contribution < 1.29 is 12.8 Å². The Labute approximate surface area is 107 Å². The first-order valence-corrected chi connectivity index (χ1v) is 7.28. The van der Waals surface area contributed by atoms with E-state index in [4.69, 9.17) is 5.73 Å². The number of halogens is 1. The Morgan fingerprint density at radius 3 is 2.61 bits per heavy atom. The van der Waals surface area contributed by atoms with Gasteiger partial charge in [0.15, 0.2) is 0 Å². The lowest BCUT2D eigenvalue weighted by Gasteiger charge is -2.18. The number of benzene rings is 1. The summed E-state index contributed by atoms with van der Waals surface area (Å²) in [7, 11) is -2.03. The van der Waals surface area contributed by atoms with Crippen molar-refractivity contribution in [2.75, 3.05) is 19.3 Å². The lowest BCUT2D eigenvalue weighted by atomic mass is 10.2. The van der Waals surface area contributed by atoms with Gasteiger partial charge in [0.2, 0.25) is 10.0 Å². The first-order valence-electron chi connectivity index (χ1n) is 5.84. The number of sulfonamides is 1. The maximum Gasteiger partial charge on any atom is 0.243 e. The summed E-state index contributed by atoms with van der Waals surface area (Å²) in [4.78, 5) is 0.0875. The van der Waals surface area contributed by atoms with Gasteiger partial charge in [-0.05, 0) is 43.4 Å². The van der Waals surface area contributed by atoms with Gasteiger partial charge in [0.1, 0.15) is 5.82 Å². The van der Waals surface area contributed by atoms with Gasteiger partial charge in [0.05, 0.1) is 10.6 Å². The highest BCUT2D eigenvalue weighted by atomic mass is 32.2. The fourth-order valence-electron chi connectivity index (χ4n) is 1.88. The van der Waals surface area contributed by atoms with Crippen molar-refractivity contribution in [3.8, 4) is 0 Å². The van der Waals surface area contributed by atoms with Crippen molar-refractivity contribution in [1.82, 2.24) is 4.31 Å². The van der Waals surface area contributed by atoms with Crippen molar-refractivity contribution >= 4 is 15.7 Å². The fourth-order valence-corrected chi connectivity index (χ4v) is 3.36. The van der Waals surface area contributed by atoms with Crippen LogP contribution in [0.3, 0.4) is 0 Å². The Kier molecular flexibility index (Phi) is 3.33. The van der Waals surface area contributed by atoms with E-state index < -0.39 is 15.8 Å². The van der Waals surface area contributed by atoms with Crippen molar-refractivity contribution in [3.63, 3.8) is 0 Å². The molecule has 100 valence electrons. The van der Waals surface area contributed by atoms with Crippen LogP contribution in [0.25, 0.3) is 0 Å². The minimum atomic E-state index is -3.58. The number of nitrogens with zero attached hydrogens (tertiary/aromatic N) is 1. The third-order valence-corrected chi connectivity index (χ3v) is 5.16. The summed E-state index contributed by atoms with van der Waals surface area (Å²) >= 11 is 0. The minimum absolute atomic E-state index is 0.0875. The second kappa shape index (κ2) is 4.51. The van der Waals surface area contributed by atoms with Crippen LogP contribution in [-0.2, 0) is 10.0 Å². The Morgan fingerprint density at radius 2 is 2.06 bits per heavy atom. The molecule has 0 saturated heterocycles. The van der Waals surface area contributed by atoms with Gasteiger partial charge in [-0.15, -0.1) is 0 Å². The predicted molar refractivity (Wildman–Crippen MR) is 68.1 cm³/mol. The molecule has 0 unspecified atom stereocenters. The molecule has 1 fully saturated rings. The smallest absolute Gasteiger partial charge is 0.243 e. The molecule has 2 rings (SSSR count). The zero-order valence-corrected chi connectivity index (χ0v) is 11.3. The maximum absolute atomic E-state index is 13.2. The Morgan fingerprint density at radius 1 is 1.44 bits per heavy atom. The summed E-state index contributed by atoms with van der Waals surface area (Å²) in [5.41, 5.74) is 5.68. The molecule has 1 saturated carbocycles. The molecule has 0 bridgehead atoms. The summed E-state index contributed by atoms with van der Waals surface area (Å²) in [5, 5.41) is 0. The van der Waals surface area contributed by atoms with Gasteiger partial charge in [-0.2, -0.15) is 0 Å². The van der Waals surface area contributed by atoms with Gasteiger partial charge in [0, 0.05) is 13.6 Å². The zero-order chi connectivity index (χ0) is 13.5. The summed E-state index contributed by atoms with van der Waals surface area (Å²) in [5.74, 6) is -0.126. The molecule has 0 heterocycles. The van der Waals surface area contributed by atoms with Crippen LogP contribution in [0, 0.1) is 18.7 Å². The van der Waals surface area contributed by atoms with Crippen LogP contribution in [-0.4, -0.2) is 26.3 Å². The Bertz CT molecular complexity index is 568. The van der Waals surface area contributed by atoms with Gasteiger partial charge < -0.3 is 5.73 Å². The predicted octanol–water partition coefficient (Wildman–Crippen LogP) is 1.75. The average Bonchev–Trinajstić information content (AvgIpc) is 3.07. The quantitative estimate of drug-likeness (QED) is 0.849. The Balaban J connectivity index is 2.36. The van der Waals surface area contributed by atoms with Crippen LogP contribution in [0.5, 0.6) is 0 Å². The van der Waals surface area contributed by atoms with Crippen molar-refractivity contribution in [2.45, 2.75) is 24.7 Å². The monoisotopic (exact) mass is 272 g/mol. The molecule has 18 heavy (non-hydrogen) atoms. The molecule has 1 aliphatic rings. The standard InChI is InChI=1S/C12H17FN2O2S/c1-8-5-10(13)11(14)6-12(8)18(16,17)15(2)7-9-3-4-9/h5-6,9H,3-4,7,14H2,1-2H3. The van der Waals surface area contributed by atoms with Crippen molar-refractivity contribution in [2.24, 2.45) is 5.92 Å². The normalized spacial score (nSPS) is 16.2. The molecule has 1 aliphatic carbocycles. The van der Waals surface area contributed by atoms with E-state index in [0.717, 1.165) is 18.9 Å². The molecule has 0 amide bonds. The van der Waals surface area contributed by atoms with E-state index in [1.54, 1.807) is 14.0 Å². The SMILES string of the molecule is Cc1cc(F)c(N)cc1S(=O)(=O)N(C)CC1CC1. The highest BCUT2D eigenvalue weighted by molar-refractivity contribution is 7.89. The number of anilines is 1. The Hall–Kier alpha value is -1.14. The van der Waals surface area contributed by atoms with Gasteiger partial charge in [-0.25, -0.2) is 17.1 Å². The summed E-state index contributed by atoms with van der Waals surface area (Å²) < 4.78 is 39.2. The molecule has 0 atom stereocenters. The molecular formula is C12H17FN2O2S. The summed E-state index contributed by atoms with van der Waals surface area (Å²) in [6.07, 6.45) is 2.15. The molecule has 2 N–H and O–H groups in total. The number of hydrogen-bond donors (Lipinski definition) is 1. The fraction of sp³-hybridized carbons (Fsp3) is 0.500. The third kappa shape index (κ3) is 2.49. The van der Waals surface area contributed by atoms with Crippen LogP contribution in [0.1, 0.15) is 18.4 Å². The van der Waals surface area contributed by atoms with Gasteiger partial charge >= 0.3 is 0 Å². The second-order valence-electron chi connectivity index (χ2n) is 4.87. The first kappa shape index (κ1) is 13.3. The van der Waals surface area contributed by atoms with Crippen LogP contribution in [0.2, 0.25) is 0 Å². The lowest BCUT2D eigenvalue weighted by Crippen LogP contribution is -2.29. The number of rotatable bonds is 4. The van der Waals surface area contributed by atoms with E-state index in [2.05, 4.69) is 0 Å². The first-order chi connectivity index (χ1) is 8.32. The molecule has 0 aromatic heterocycles. The van der Waals surface area contributed by atoms with Crippen LogP contribution in [0.15, 0.2) is 17.0 Å². The van der Waals surface area contributed by atoms with E-state index in [1.165, 1.54) is 10.4 Å². The highest BCUT2D eigenvalue weighted by Crippen LogP contribution is 2.32. The summed E-state index contributed by atoms with van der Waals surface area (Å²) in [6, 6.07) is 2.36. The zero-order valence-electron chi connectivity index (χ0n) is 10.5. The van der Waals surface area contributed by atoms with Crippen LogP contribution in [0.4, 0.5) is 10.1 Å². The molecule has 6 heteroatoms. The highest BCUT2D eigenvalue weighted by Gasteiger charge is 2.30. The molecule has 0 spiro atoms. The van der Waals surface area contributed by atoms with Crippen molar-refractivity contribution in [1.29, 1.82) is 0 Å². The second-order valence-corrected chi connectivity index (χ2v) is 6.88. The molecular weight excluding hydrogens is 255 g/mol. The average molecular weight is 272 g/mol. The number of nitrogens with two attached hydrogens (primary N) is 1. The van der Waals surface area contributed by atoms with Gasteiger partial charge in [-0.3, -0.25) is 0 Å². The van der Waals surface area contributed by atoms with E-state index in [-0.39, 0.29) is 10.6 Å². The van der Waals surface area contributed by atoms with E-state index >= 15 is 0 Å². The van der Waals surface area contributed by atoms with Crippen LogP contribution < -0.4 is 5.73 Å². The molecule has 0 radical (unpaired) electrons. The molecule has 1 aromatic carbocycles. The molecule has 1 aromatic rings. The topological polar surface area (TPSA) is 63.4 Å². The lowest BCUT2D eigenvalue weighted by molar-refractivity contribution is 0.452. The van der Waals surface area contributed by atoms with Crippen molar-refractivity contribution in [3.05, 3.63) is 23.5 Å². The molecule has 4 nitrogen and oxygen atoms in total. The van der Waals surface area contributed by atoms with E-state index in [9.17, 15) is 12.8 Å². The number of nitrogen functional groups attached to an aromatic ring is 1. The number of hydrogen-bond acceptors (Lipinski definition) is 3. The van der Waals surface area contributed by atoms with Crippen LogP contribution >= 0.6 is 0 Å². The van der Waals surface area contributed by atoms with E-state index in [0.29, 0.717) is 18.0 Å².